The summed E-state index contributed by atoms with van der Waals surface area (Å²) in [5.74, 6) is 0.0378. The number of aromatic nitrogens is 2. The average molecular weight is 374 g/mol. The normalized spacial score (nSPS) is 17.8. The summed E-state index contributed by atoms with van der Waals surface area (Å²) >= 11 is 5.79. The minimum Gasteiger partial charge on any atom is -0.458 e. The molecule has 0 spiro atoms. The maximum absolute atomic E-state index is 12.8. The third-order valence-electron chi connectivity index (χ3n) is 4.53. The number of carbonyl (C=O) groups excluding carboxylic acids is 1. The molecule has 0 bridgehead atoms. The largest absolute Gasteiger partial charge is 0.458 e. The average Bonchev–Trinajstić information content (AvgIpc) is 2.63. The van der Waals surface area contributed by atoms with Gasteiger partial charge in [0.05, 0.1) is 24.0 Å². The van der Waals surface area contributed by atoms with Crippen LogP contribution in [0.4, 0.5) is 0 Å². The summed E-state index contributed by atoms with van der Waals surface area (Å²) < 4.78 is 5.82. The highest BCUT2D eigenvalue weighted by molar-refractivity contribution is 6.30. The topological polar surface area (TPSA) is 55.3 Å². The van der Waals surface area contributed by atoms with E-state index in [1.807, 2.05) is 29.2 Å². The van der Waals surface area contributed by atoms with Crippen molar-refractivity contribution in [3.8, 4) is 6.01 Å². The van der Waals surface area contributed by atoms with Crippen LogP contribution in [0.5, 0.6) is 6.01 Å². The van der Waals surface area contributed by atoms with Crippen LogP contribution in [0.3, 0.4) is 0 Å². The Labute approximate surface area is 159 Å². The highest BCUT2D eigenvalue weighted by Crippen LogP contribution is 2.23. The van der Waals surface area contributed by atoms with E-state index < -0.39 is 0 Å². The molecule has 0 aliphatic carbocycles. The fourth-order valence-electron chi connectivity index (χ4n) is 3.02. The smallest absolute Gasteiger partial charge is 0.316 e. The van der Waals surface area contributed by atoms with E-state index in [0.29, 0.717) is 23.1 Å². The Hall–Kier alpha value is -2.14. The molecule has 1 aliphatic rings. The number of piperidine rings is 1. The van der Waals surface area contributed by atoms with Gasteiger partial charge in [0.2, 0.25) is 0 Å². The molecule has 2 heterocycles. The molecule has 1 fully saturated rings. The van der Waals surface area contributed by atoms with Crippen molar-refractivity contribution in [2.24, 2.45) is 0 Å². The van der Waals surface area contributed by atoms with Gasteiger partial charge in [-0.3, -0.25) is 4.79 Å². The van der Waals surface area contributed by atoms with Crippen molar-refractivity contribution in [1.29, 1.82) is 0 Å². The van der Waals surface area contributed by atoms with Crippen molar-refractivity contribution in [3.63, 3.8) is 0 Å². The van der Waals surface area contributed by atoms with Crippen LogP contribution >= 0.6 is 11.6 Å². The number of likely N-dealkylation sites (tertiary alicyclic amines) is 1. The van der Waals surface area contributed by atoms with Crippen LogP contribution in [-0.4, -0.2) is 40.0 Å². The van der Waals surface area contributed by atoms with Crippen molar-refractivity contribution in [2.45, 2.75) is 45.1 Å². The van der Waals surface area contributed by atoms with E-state index in [-0.39, 0.29) is 17.4 Å². The third kappa shape index (κ3) is 4.52. The zero-order valence-electron chi connectivity index (χ0n) is 15.4. The van der Waals surface area contributed by atoms with Gasteiger partial charge in [-0.05, 0) is 36.0 Å². The first-order valence-corrected chi connectivity index (χ1v) is 9.25. The number of hydrogen-bond donors (Lipinski definition) is 0. The number of ether oxygens (including phenoxy) is 1. The van der Waals surface area contributed by atoms with Crippen LogP contribution in [0.1, 0.15) is 49.5 Å². The lowest BCUT2D eigenvalue weighted by atomic mass is 9.86. The van der Waals surface area contributed by atoms with E-state index in [4.69, 9.17) is 16.3 Å². The van der Waals surface area contributed by atoms with Crippen LogP contribution in [0.15, 0.2) is 36.7 Å². The summed E-state index contributed by atoms with van der Waals surface area (Å²) in [6, 6.07) is 8.19. The van der Waals surface area contributed by atoms with Gasteiger partial charge in [0.25, 0.3) is 5.91 Å². The fourth-order valence-corrected chi connectivity index (χ4v) is 3.12. The summed E-state index contributed by atoms with van der Waals surface area (Å²) in [6.07, 6.45) is 4.67. The fraction of sp³-hybridized carbons (Fsp3) is 0.450. The first-order valence-electron chi connectivity index (χ1n) is 8.87. The zero-order valence-corrected chi connectivity index (χ0v) is 16.2. The number of halogens is 1. The SMILES string of the molecule is CC(C)(C)c1ccc(C(=O)N2CCCC(Oc3ncc(Cl)cn3)C2)cc1. The number of benzene rings is 1. The van der Waals surface area contributed by atoms with E-state index in [0.717, 1.165) is 19.4 Å². The summed E-state index contributed by atoms with van der Waals surface area (Å²) in [7, 11) is 0. The standard InChI is InChI=1S/C20H24ClN3O2/c1-20(2,3)15-8-6-14(7-9-15)18(25)24-10-4-5-17(13-24)26-19-22-11-16(21)12-23-19/h6-9,11-12,17H,4-5,10,13H2,1-3H3. The Balaban J connectivity index is 1.65. The van der Waals surface area contributed by atoms with E-state index in [9.17, 15) is 4.79 Å². The molecule has 1 unspecified atom stereocenters. The number of rotatable bonds is 3. The summed E-state index contributed by atoms with van der Waals surface area (Å²) in [6.45, 7) is 7.76. The van der Waals surface area contributed by atoms with E-state index in [1.54, 1.807) is 0 Å². The number of amides is 1. The Morgan fingerprint density at radius 1 is 1.19 bits per heavy atom. The van der Waals surface area contributed by atoms with Gasteiger partial charge in [-0.1, -0.05) is 44.5 Å². The maximum Gasteiger partial charge on any atom is 0.316 e. The van der Waals surface area contributed by atoms with Crippen LogP contribution < -0.4 is 4.74 Å². The Morgan fingerprint density at radius 2 is 1.85 bits per heavy atom. The van der Waals surface area contributed by atoms with Crippen LogP contribution in [-0.2, 0) is 5.41 Å². The predicted octanol–water partition coefficient (Wildman–Crippen LogP) is 4.11. The van der Waals surface area contributed by atoms with E-state index >= 15 is 0 Å². The minimum absolute atomic E-state index is 0.0378. The highest BCUT2D eigenvalue weighted by Gasteiger charge is 2.26. The summed E-state index contributed by atoms with van der Waals surface area (Å²) in [5, 5.41) is 0.469. The second-order valence-electron chi connectivity index (χ2n) is 7.64. The first kappa shape index (κ1) is 18.6. The van der Waals surface area contributed by atoms with Crippen LogP contribution in [0.2, 0.25) is 5.02 Å². The van der Waals surface area contributed by atoms with Gasteiger partial charge < -0.3 is 9.64 Å². The first-order chi connectivity index (χ1) is 12.3. The molecule has 26 heavy (non-hydrogen) atoms. The minimum atomic E-state index is -0.109. The molecule has 5 nitrogen and oxygen atoms in total. The molecule has 1 amide bonds. The quantitative estimate of drug-likeness (QED) is 0.812. The molecule has 1 aromatic heterocycles. The molecule has 0 radical (unpaired) electrons. The monoisotopic (exact) mass is 373 g/mol. The van der Waals surface area contributed by atoms with Crippen LogP contribution in [0.25, 0.3) is 0 Å². The van der Waals surface area contributed by atoms with Crippen molar-refractivity contribution < 1.29 is 9.53 Å². The molecule has 1 saturated heterocycles. The molecule has 3 rings (SSSR count). The maximum atomic E-state index is 12.8. The molecule has 138 valence electrons. The molecule has 1 atom stereocenters. The molecule has 0 N–H and O–H groups in total. The Bertz CT molecular complexity index is 754. The second kappa shape index (κ2) is 7.62. The van der Waals surface area contributed by atoms with Gasteiger partial charge in [-0.2, -0.15) is 0 Å². The summed E-state index contributed by atoms with van der Waals surface area (Å²) in [5.41, 5.74) is 2.00. The van der Waals surface area contributed by atoms with E-state index in [1.165, 1.54) is 18.0 Å². The molecule has 2 aromatic rings. The van der Waals surface area contributed by atoms with Gasteiger partial charge in [0.15, 0.2) is 0 Å². The molecule has 1 aliphatic heterocycles. The van der Waals surface area contributed by atoms with Gasteiger partial charge in [0, 0.05) is 12.1 Å². The molecule has 0 saturated carbocycles. The third-order valence-corrected chi connectivity index (χ3v) is 4.73. The number of hydrogen-bond acceptors (Lipinski definition) is 4. The lowest BCUT2D eigenvalue weighted by molar-refractivity contribution is 0.0516. The van der Waals surface area contributed by atoms with E-state index in [2.05, 4.69) is 30.7 Å². The second-order valence-corrected chi connectivity index (χ2v) is 8.08. The van der Waals surface area contributed by atoms with Crippen LogP contribution in [0, 0.1) is 0 Å². The van der Waals surface area contributed by atoms with Gasteiger partial charge >= 0.3 is 6.01 Å². The number of nitrogens with zero attached hydrogens (tertiary/aromatic N) is 3. The molecular weight excluding hydrogens is 350 g/mol. The Morgan fingerprint density at radius 3 is 2.46 bits per heavy atom. The van der Waals surface area contributed by atoms with Crippen molar-refractivity contribution in [1.82, 2.24) is 14.9 Å². The zero-order chi connectivity index (χ0) is 18.7. The van der Waals surface area contributed by atoms with Gasteiger partial charge in [-0.25, -0.2) is 9.97 Å². The number of carbonyl (C=O) groups is 1. The van der Waals surface area contributed by atoms with Crippen molar-refractivity contribution >= 4 is 17.5 Å². The lowest BCUT2D eigenvalue weighted by Crippen LogP contribution is -2.44. The molecule has 1 aromatic carbocycles. The van der Waals surface area contributed by atoms with Gasteiger partial charge in [-0.15, -0.1) is 0 Å². The lowest BCUT2D eigenvalue weighted by Gasteiger charge is -2.32. The summed E-state index contributed by atoms with van der Waals surface area (Å²) in [4.78, 5) is 22.8. The van der Waals surface area contributed by atoms with Crippen molar-refractivity contribution in [2.75, 3.05) is 13.1 Å². The van der Waals surface area contributed by atoms with Gasteiger partial charge in [0.1, 0.15) is 6.10 Å². The highest BCUT2D eigenvalue weighted by atomic mass is 35.5. The Kier molecular flexibility index (Phi) is 5.47. The predicted molar refractivity (Wildman–Crippen MR) is 102 cm³/mol. The molecule has 6 heteroatoms. The molecular formula is C20H24ClN3O2. The van der Waals surface area contributed by atoms with Crippen molar-refractivity contribution in [3.05, 3.63) is 52.8 Å².